The zero-order valence-corrected chi connectivity index (χ0v) is 18.1. The van der Waals surface area contributed by atoms with Crippen molar-refractivity contribution in [1.29, 1.82) is 0 Å². The monoisotopic (exact) mass is 413 g/mol. The average Bonchev–Trinajstić information content (AvgIpc) is 2.75. The number of aryl methyl sites for hydroxylation is 3. The molecular weight excluding hydrogens is 390 g/mol. The molecule has 1 amide bonds. The van der Waals surface area contributed by atoms with Crippen molar-refractivity contribution in [2.75, 3.05) is 11.1 Å². The van der Waals surface area contributed by atoms with Gasteiger partial charge in [-0.05, 0) is 67.1 Å². The molecule has 0 aliphatic rings. The molecule has 150 valence electrons. The van der Waals surface area contributed by atoms with Crippen LogP contribution in [0.5, 0.6) is 0 Å². The number of hydrogen-bond donors (Lipinski definition) is 1. The Morgan fingerprint density at radius 2 is 1.63 bits per heavy atom. The number of carbonyl (C=O) groups is 1. The first-order chi connectivity index (χ1) is 14.5. The van der Waals surface area contributed by atoms with Crippen molar-refractivity contribution in [3.63, 3.8) is 0 Å². The van der Waals surface area contributed by atoms with Crippen LogP contribution in [-0.2, 0) is 4.79 Å². The van der Waals surface area contributed by atoms with Gasteiger partial charge in [-0.3, -0.25) is 4.79 Å². The fourth-order valence-corrected chi connectivity index (χ4v) is 4.05. The van der Waals surface area contributed by atoms with Gasteiger partial charge in [-0.1, -0.05) is 54.2 Å². The number of hydrogen-bond acceptors (Lipinski definition) is 4. The van der Waals surface area contributed by atoms with E-state index < -0.39 is 0 Å². The van der Waals surface area contributed by atoms with E-state index in [1.54, 1.807) is 0 Å². The van der Waals surface area contributed by atoms with Gasteiger partial charge in [-0.25, -0.2) is 0 Å². The average molecular weight is 414 g/mol. The molecule has 0 aliphatic carbocycles. The van der Waals surface area contributed by atoms with Crippen LogP contribution in [0.1, 0.15) is 16.7 Å². The van der Waals surface area contributed by atoms with Gasteiger partial charge in [-0.15, -0.1) is 10.2 Å². The highest BCUT2D eigenvalue weighted by atomic mass is 32.2. The maximum Gasteiger partial charge on any atom is 0.234 e. The quantitative estimate of drug-likeness (QED) is 0.411. The Morgan fingerprint density at radius 3 is 2.43 bits per heavy atom. The van der Waals surface area contributed by atoms with E-state index >= 15 is 0 Å². The van der Waals surface area contributed by atoms with Crippen molar-refractivity contribution in [3.05, 3.63) is 83.4 Å². The van der Waals surface area contributed by atoms with Crippen molar-refractivity contribution in [2.24, 2.45) is 0 Å². The van der Waals surface area contributed by atoms with Crippen LogP contribution in [0.15, 0.2) is 71.8 Å². The number of amides is 1. The second-order valence-corrected chi connectivity index (χ2v) is 8.37. The summed E-state index contributed by atoms with van der Waals surface area (Å²) < 4.78 is 0. The molecule has 4 nitrogen and oxygen atoms in total. The lowest BCUT2D eigenvalue weighted by Gasteiger charge is -2.10. The van der Waals surface area contributed by atoms with E-state index in [0.717, 1.165) is 32.7 Å². The van der Waals surface area contributed by atoms with Crippen LogP contribution >= 0.6 is 11.8 Å². The zero-order valence-electron chi connectivity index (χ0n) is 17.3. The van der Waals surface area contributed by atoms with Crippen LogP contribution in [0.3, 0.4) is 0 Å². The molecule has 0 bridgehead atoms. The fraction of sp³-hybridized carbons (Fsp3) is 0.160. The van der Waals surface area contributed by atoms with Crippen molar-refractivity contribution in [3.8, 4) is 11.3 Å². The number of nitrogens with one attached hydrogen (secondary N) is 1. The van der Waals surface area contributed by atoms with Crippen molar-refractivity contribution in [2.45, 2.75) is 25.8 Å². The van der Waals surface area contributed by atoms with Crippen LogP contribution in [0.2, 0.25) is 0 Å². The van der Waals surface area contributed by atoms with E-state index in [1.165, 1.54) is 28.5 Å². The molecule has 0 saturated carbocycles. The Bertz CT molecular complexity index is 1210. The summed E-state index contributed by atoms with van der Waals surface area (Å²) >= 11 is 1.38. The summed E-state index contributed by atoms with van der Waals surface area (Å²) in [6, 6.07) is 22.1. The summed E-state index contributed by atoms with van der Waals surface area (Å²) in [5, 5.41) is 14.6. The van der Waals surface area contributed by atoms with Gasteiger partial charge >= 0.3 is 0 Å². The summed E-state index contributed by atoms with van der Waals surface area (Å²) in [4.78, 5) is 12.5. The summed E-state index contributed by atoms with van der Waals surface area (Å²) in [6.07, 6.45) is 0. The molecule has 5 heteroatoms. The maximum absolute atomic E-state index is 12.5. The first kappa shape index (κ1) is 20.1. The minimum absolute atomic E-state index is 0.0627. The first-order valence-electron chi connectivity index (χ1n) is 9.83. The van der Waals surface area contributed by atoms with Crippen molar-refractivity contribution < 1.29 is 4.79 Å². The van der Waals surface area contributed by atoms with Gasteiger partial charge in [0.2, 0.25) is 5.91 Å². The molecule has 1 aromatic heterocycles. The molecule has 4 aromatic rings. The predicted molar refractivity (Wildman–Crippen MR) is 125 cm³/mol. The topological polar surface area (TPSA) is 54.9 Å². The number of nitrogens with zero attached hydrogens (tertiary/aromatic N) is 2. The molecule has 3 aromatic carbocycles. The smallest absolute Gasteiger partial charge is 0.234 e. The first-order valence-corrected chi connectivity index (χ1v) is 10.8. The molecule has 0 aliphatic heterocycles. The van der Waals surface area contributed by atoms with Gasteiger partial charge in [0.05, 0.1) is 11.4 Å². The molecule has 1 N–H and O–H groups in total. The van der Waals surface area contributed by atoms with Crippen molar-refractivity contribution in [1.82, 2.24) is 10.2 Å². The van der Waals surface area contributed by atoms with E-state index in [1.807, 2.05) is 54.6 Å². The Labute approximate surface area is 180 Å². The second kappa shape index (κ2) is 8.67. The van der Waals surface area contributed by atoms with Crippen molar-refractivity contribution >= 4 is 34.1 Å². The molecular formula is C25H23N3OS. The van der Waals surface area contributed by atoms with E-state index in [2.05, 4.69) is 48.4 Å². The molecule has 4 rings (SSSR count). The summed E-state index contributed by atoms with van der Waals surface area (Å²) in [5.41, 5.74) is 6.46. The fourth-order valence-electron chi connectivity index (χ4n) is 3.44. The van der Waals surface area contributed by atoms with Gasteiger partial charge in [0.25, 0.3) is 0 Å². The van der Waals surface area contributed by atoms with Gasteiger partial charge in [0.1, 0.15) is 5.03 Å². The number of thioether (sulfide) groups is 1. The highest BCUT2D eigenvalue weighted by Crippen LogP contribution is 2.26. The SMILES string of the molecule is Cc1cc(C)c(-c2ccc(SCC(=O)Nc3cccc4ccccc34)nn2)cc1C. The Hall–Kier alpha value is -3.18. The van der Waals surface area contributed by atoms with Gasteiger partial charge in [0.15, 0.2) is 0 Å². The normalized spacial score (nSPS) is 10.9. The molecule has 1 heterocycles. The standard InChI is InChI=1S/C25H23N3OS/c1-16-13-18(3)21(14-17(16)2)23-11-12-25(28-27-23)30-15-24(29)26-22-10-6-8-19-7-4-5-9-20(19)22/h4-14H,15H2,1-3H3,(H,26,29). The number of fused-ring (bicyclic) bond motifs is 1. The summed E-state index contributed by atoms with van der Waals surface area (Å²) in [6.45, 7) is 6.30. The van der Waals surface area contributed by atoms with E-state index in [0.29, 0.717) is 0 Å². The summed E-state index contributed by atoms with van der Waals surface area (Å²) in [5.74, 6) is 0.215. The molecule has 30 heavy (non-hydrogen) atoms. The third kappa shape index (κ3) is 4.36. The lowest BCUT2D eigenvalue weighted by Crippen LogP contribution is -2.14. The van der Waals surface area contributed by atoms with E-state index in [9.17, 15) is 4.79 Å². The number of aromatic nitrogens is 2. The molecule has 0 saturated heterocycles. The highest BCUT2D eigenvalue weighted by molar-refractivity contribution is 7.99. The lowest BCUT2D eigenvalue weighted by atomic mass is 9.99. The van der Waals surface area contributed by atoms with E-state index in [4.69, 9.17) is 0 Å². The molecule has 0 spiro atoms. The summed E-state index contributed by atoms with van der Waals surface area (Å²) in [7, 11) is 0. The molecule has 0 fully saturated rings. The number of rotatable bonds is 5. The molecule has 0 atom stereocenters. The zero-order chi connectivity index (χ0) is 21.1. The second-order valence-electron chi connectivity index (χ2n) is 7.37. The predicted octanol–water partition coefficient (Wildman–Crippen LogP) is 5.95. The van der Waals surface area contributed by atoms with Crippen LogP contribution in [-0.4, -0.2) is 21.9 Å². The number of benzene rings is 3. The van der Waals surface area contributed by atoms with Gasteiger partial charge < -0.3 is 5.32 Å². The third-order valence-electron chi connectivity index (χ3n) is 5.17. The van der Waals surface area contributed by atoms with Crippen LogP contribution < -0.4 is 5.32 Å². The van der Waals surface area contributed by atoms with Crippen LogP contribution in [0.25, 0.3) is 22.0 Å². The van der Waals surface area contributed by atoms with Crippen LogP contribution in [0, 0.1) is 20.8 Å². The van der Waals surface area contributed by atoms with E-state index in [-0.39, 0.29) is 11.7 Å². The number of anilines is 1. The largest absolute Gasteiger partial charge is 0.325 e. The Balaban J connectivity index is 1.42. The lowest BCUT2D eigenvalue weighted by molar-refractivity contribution is -0.113. The van der Waals surface area contributed by atoms with Gasteiger partial charge in [0, 0.05) is 16.6 Å². The van der Waals surface area contributed by atoms with Gasteiger partial charge in [-0.2, -0.15) is 0 Å². The Kier molecular flexibility index (Phi) is 5.81. The third-order valence-corrected chi connectivity index (χ3v) is 6.09. The highest BCUT2D eigenvalue weighted by Gasteiger charge is 2.10. The Morgan fingerprint density at radius 1 is 0.867 bits per heavy atom. The molecule has 0 unspecified atom stereocenters. The number of carbonyl (C=O) groups excluding carboxylic acids is 1. The minimum atomic E-state index is -0.0627. The minimum Gasteiger partial charge on any atom is -0.325 e. The maximum atomic E-state index is 12.5. The van der Waals surface area contributed by atoms with Crippen LogP contribution in [0.4, 0.5) is 5.69 Å². The molecule has 0 radical (unpaired) electrons.